The number of halogens is 1. The van der Waals surface area contributed by atoms with Gasteiger partial charge in [0.25, 0.3) is 17.3 Å². The zero-order valence-corrected chi connectivity index (χ0v) is 13.8. The highest BCUT2D eigenvalue weighted by molar-refractivity contribution is 7.22. The maximum absolute atomic E-state index is 12.4. The van der Waals surface area contributed by atoms with Gasteiger partial charge in [0.15, 0.2) is 0 Å². The second-order valence-corrected chi connectivity index (χ2v) is 6.31. The molecule has 25 heavy (non-hydrogen) atoms. The van der Waals surface area contributed by atoms with E-state index >= 15 is 0 Å². The highest BCUT2D eigenvalue weighted by atomic mass is 35.5. The first-order valence-corrected chi connectivity index (χ1v) is 7.99. The Morgan fingerprint density at radius 3 is 2.32 bits per heavy atom. The topological polar surface area (TPSA) is 115 Å². The van der Waals surface area contributed by atoms with Crippen LogP contribution in [0, 0.1) is 20.2 Å². The molecule has 0 radical (unpaired) electrons. The van der Waals surface area contributed by atoms with Gasteiger partial charge in [-0.25, -0.2) is 0 Å². The SMILES string of the molecule is O=C(Nc1ccc([N+](=O)[O-])cc1)c1sc2c([N+](=O)[O-])cccc2c1Cl. The Balaban J connectivity index is 1.94. The van der Waals surface area contributed by atoms with Gasteiger partial charge in [0.1, 0.15) is 9.58 Å². The summed E-state index contributed by atoms with van der Waals surface area (Å²) in [7, 11) is 0. The number of non-ortho nitro benzene ring substituents is 2. The van der Waals surface area contributed by atoms with Crippen molar-refractivity contribution in [3.63, 3.8) is 0 Å². The van der Waals surface area contributed by atoms with Gasteiger partial charge in [0.2, 0.25) is 0 Å². The van der Waals surface area contributed by atoms with E-state index in [1.54, 1.807) is 6.07 Å². The smallest absolute Gasteiger partial charge is 0.287 e. The minimum absolute atomic E-state index is 0.103. The van der Waals surface area contributed by atoms with Gasteiger partial charge >= 0.3 is 0 Å². The molecule has 8 nitrogen and oxygen atoms in total. The van der Waals surface area contributed by atoms with E-state index in [1.165, 1.54) is 36.4 Å². The first-order chi connectivity index (χ1) is 11.9. The lowest BCUT2D eigenvalue weighted by Crippen LogP contribution is -2.10. The summed E-state index contributed by atoms with van der Waals surface area (Å²) in [6, 6.07) is 9.73. The van der Waals surface area contributed by atoms with E-state index in [4.69, 9.17) is 11.6 Å². The number of fused-ring (bicyclic) bond motifs is 1. The van der Waals surface area contributed by atoms with Crippen LogP contribution in [0.5, 0.6) is 0 Å². The number of rotatable bonds is 4. The van der Waals surface area contributed by atoms with Crippen molar-refractivity contribution in [2.75, 3.05) is 5.32 Å². The van der Waals surface area contributed by atoms with Crippen LogP contribution in [0.15, 0.2) is 42.5 Å². The molecule has 1 heterocycles. The minimum Gasteiger partial charge on any atom is -0.321 e. The lowest BCUT2D eigenvalue weighted by molar-refractivity contribution is -0.384. The molecule has 0 saturated heterocycles. The molecule has 0 fully saturated rings. The van der Waals surface area contributed by atoms with Crippen LogP contribution in [0.4, 0.5) is 17.1 Å². The Labute approximate surface area is 148 Å². The van der Waals surface area contributed by atoms with E-state index in [9.17, 15) is 25.0 Å². The van der Waals surface area contributed by atoms with Crippen LogP contribution in [0.1, 0.15) is 9.67 Å². The van der Waals surface area contributed by atoms with Crippen molar-refractivity contribution >= 4 is 56.0 Å². The molecular formula is C15H8ClN3O5S. The first-order valence-electron chi connectivity index (χ1n) is 6.79. The maximum Gasteiger partial charge on any atom is 0.287 e. The monoisotopic (exact) mass is 377 g/mol. The molecule has 0 bridgehead atoms. The van der Waals surface area contributed by atoms with Gasteiger partial charge < -0.3 is 5.32 Å². The fraction of sp³-hybridized carbons (Fsp3) is 0. The summed E-state index contributed by atoms with van der Waals surface area (Å²) in [4.78, 5) is 33.2. The van der Waals surface area contributed by atoms with Crippen molar-refractivity contribution in [1.82, 2.24) is 0 Å². The summed E-state index contributed by atoms with van der Waals surface area (Å²) in [5, 5.41) is 24.9. The van der Waals surface area contributed by atoms with Gasteiger partial charge in [0, 0.05) is 29.3 Å². The molecule has 1 aromatic heterocycles. The number of carbonyl (C=O) groups excluding carboxylic acids is 1. The molecule has 2 aromatic carbocycles. The summed E-state index contributed by atoms with van der Waals surface area (Å²) in [6.45, 7) is 0. The Bertz CT molecular complexity index is 1020. The molecule has 1 N–H and O–H groups in total. The third-order valence-electron chi connectivity index (χ3n) is 3.37. The number of nitrogens with zero attached hydrogens (tertiary/aromatic N) is 2. The predicted octanol–water partition coefficient (Wildman–Crippen LogP) is 4.62. The summed E-state index contributed by atoms with van der Waals surface area (Å²) < 4.78 is 0.311. The van der Waals surface area contributed by atoms with Crippen molar-refractivity contribution in [2.24, 2.45) is 0 Å². The third kappa shape index (κ3) is 3.14. The molecule has 0 aliphatic rings. The van der Waals surface area contributed by atoms with Gasteiger partial charge in [-0.1, -0.05) is 23.7 Å². The Morgan fingerprint density at radius 2 is 1.72 bits per heavy atom. The van der Waals surface area contributed by atoms with Crippen molar-refractivity contribution in [3.05, 3.63) is 72.6 Å². The van der Waals surface area contributed by atoms with Crippen LogP contribution < -0.4 is 5.32 Å². The number of thiophene rings is 1. The highest BCUT2D eigenvalue weighted by Crippen LogP contribution is 2.40. The number of nitro groups is 2. The lowest BCUT2D eigenvalue weighted by Gasteiger charge is -2.03. The molecular weight excluding hydrogens is 370 g/mol. The standard InChI is InChI=1S/C15H8ClN3O5S/c16-12-10-2-1-3-11(19(23)24)13(10)25-14(12)15(20)17-8-4-6-9(7-5-8)18(21)22/h1-7H,(H,17,20). The average molecular weight is 378 g/mol. The van der Waals surface area contributed by atoms with Crippen molar-refractivity contribution in [3.8, 4) is 0 Å². The lowest BCUT2D eigenvalue weighted by atomic mass is 10.2. The maximum atomic E-state index is 12.4. The Hall–Kier alpha value is -3.04. The van der Waals surface area contributed by atoms with E-state index in [1.807, 2.05) is 0 Å². The van der Waals surface area contributed by atoms with E-state index < -0.39 is 15.8 Å². The van der Waals surface area contributed by atoms with Gasteiger partial charge in [-0.15, -0.1) is 11.3 Å². The number of nitrogens with one attached hydrogen (secondary N) is 1. The number of nitro benzene ring substituents is 2. The second kappa shape index (κ2) is 6.46. The first kappa shape index (κ1) is 16.8. The van der Waals surface area contributed by atoms with Crippen LogP contribution in [0.2, 0.25) is 5.02 Å². The van der Waals surface area contributed by atoms with Crippen LogP contribution in [-0.2, 0) is 0 Å². The van der Waals surface area contributed by atoms with E-state index in [-0.39, 0.29) is 21.3 Å². The fourth-order valence-electron chi connectivity index (χ4n) is 2.22. The fourth-order valence-corrected chi connectivity index (χ4v) is 3.71. The molecule has 10 heteroatoms. The van der Waals surface area contributed by atoms with Crippen molar-refractivity contribution in [1.29, 1.82) is 0 Å². The summed E-state index contributed by atoms with van der Waals surface area (Å²) in [5.41, 5.74) is 0.117. The average Bonchev–Trinajstić information content (AvgIpc) is 2.92. The molecule has 0 unspecified atom stereocenters. The predicted molar refractivity (Wildman–Crippen MR) is 94.5 cm³/mol. The van der Waals surface area contributed by atoms with Gasteiger partial charge in [-0.05, 0) is 12.1 Å². The van der Waals surface area contributed by atoms with E-state index in [2.05, 4.69) is 5.32 Å². The molecule has 0 saturated carbocycles. The van der Waals surface area contributed by atoms with E-state index in [0.717, 1.165) is 11.3 Å². The molecule has 1 amide bonds. The number of hydrogen-bond acceptors (Lipinski definition) is 6. The quantitative estimate of drug-likeness (QED) is 0.526. The number of anilines is 1. The number of hydrogen-bond donors (Lipinski definition) is 1. The zero-order valence-electron chi connectivity index (χ0n) is 12.3. The third-order valence-corrected chi connectivity index (χ3v) is 5.10. The molecule has 3 rings (SSSR count). The minimum atomic E-state index is -0.548. The Morgan fingerprint density at radius 1 is 1.04 bits per heavy atom. The molecule has 0 atom stereocenters. The van der Waals surface area contributed by atoms with Gasteiger partial charge in [-0.2, -0.15) is 0 Å². The van der Waals surface area contributed by atoms with Crippen LogP contribution in [0.25, 0.3) is 10.1 Å². The molecule has 0 spiro atoms. The van der Waals surface area contributed by atoms with Crippen LogP contribution >= 0.6 is 22.9 Å². The van der Waals surface area contributed by atoms with Gasteiger partial charge in [0.05, 0.1) is 14.9 Å². The summed E-state index contributed by atoms with van der Waals surface area (Å²) in [5.74, 6) is -0.547. The highest BCUT2D eigenvalue weighted by Gasteiger charge is 2.22. The van der Waals surface area contributed by atoms with Crippen LogP contribution in [0.3, 0.4) is 0 Å². The van der Waals surface area contributed by atoms with Gasteiger partial charge in [-0.3, -0.25) is 25.0 Å². The molecule has 0 aliphatic carbocycles. The normalized spacial score (nSPS) is 10.6. The van der Waals surface area contributed by atoms with Crippen molar-refractivity contribution in [2.45, 2.75) is 0 Å². The second-order valence-electron chi connectivity index (χ2n) is 4.91. The largest absolute Gasteiger partial charge is 0.321 e. The number of carbonyl (C=O) groups is 1. The zero-order chi connectivity index (χ0) is 18.1. The van der Waals surface area contributed by atoms with Crippen molar-refractivity contribution < 1.29 is 14.6 Å². The van der Waals surface area contributed by atoms with Crippen LogP contribution in [-0.4, -0.2) is 15.8 Å². The molecule has 126 valence electrons. The molecule has 3 aromatic rings. The molecule has 0 aliphatic heterocycles. The summed E-state index contributed by atoms with van der Waals surface area (Å²) >= 11 is 7.12. The number of benzene rings is 2. The summed E-state index contributed by atoms with van der Waals surface area (Å²) in [6.07, 6.45) is 0. The van der Waals surface area contributed by atoms with E-state index in [0.29, 0.717) is 15.8 Å². The Kier molecular flexibility index (Phi) is 4.34. The number of amides is 1.